The zero-order valence-electron chi connectivity index (χ0n) is 16.3. The molecule has 2 rings (SSSR count). The van der Waals surface area contributed by atoms with Crippen LogP contribution in [0.1, 0.15) is 36.6 Å². The van der Waals surface area contributed by atoms with E-state index in [4.69, 9.17) is 14.2 Å². The van der Waals surface area contributed by atoms with E-state index < -0.39 is 6.10 Å². The van der Waals surface area contributed by atoms with E-state index in [1.54, 1.807) is 21.1 Å². The molecule has 5 heteroatoms. The molecule has 26 heavy (non-hydrogen) atoms. The Balaban J connectivity index is 2.10. The number of rotatable bonds is 7. The minimum Gasteiger partial charge on any atom is -0.497 e. The van der Waals surface area contributed by atoms with Crippen LogP contribution in [0.4, 0.5) is 0 Å². The summed E-state index contributed by atoms with van der Waals surface area (Å²) in [6.07, 6.45) is -0.616. The van der Waals surface area contributed by atoms with Crippen LogP contribution in [0, 0.1) is 13.8 Å². The maximum absolute atomic E-state index is 12.6. The minimum absolute atomic E-state index is 0.191. The highest BCUT2D eigenvalue weighted by atomic mass is 16.5. The lowest BCUT2D eigenvalue weighted by Crippen LogP contribution is -2.38. The number of aryl methyl sites for hydroxylation is 2. The van der Waals surface area contributed by atoms with E-state index in [1.165, 1.54) is 0 Å². The van der Waals surface area contributed by atoms with Crippen LogP contribution in [0.15, 0.2) is 36.4 Å². The Labute approximate surface area is 155 Å². The first kappa shape index (κ1) is 19.6. The van der Waals surface area contributed by atoms with E-state index in [0.29, 0.717) is 11.5 Å². The van der Waals surface area contributed by atoms with Gasteiger partial charge in [-0.25, -0.2) is 0 Å². The van der Waals surface area contributed by atoms with Crippen LogP contribution in [0.25, 0.3) is 0 Å². The van der Waals surface area contributed by atoms with Gasteiger partial charge in [-0.1, -0.05) is 12.1 Å². The van der Waals surface area contributed by atoms with Crippen molar-refractivity contribution in [1.82, 2.24) is 5.32 Å². The third kappa shape index (κ3) is 4.69. The molecule has 0 saturated heterocycles. The number of amides is 1. The SMILES string of the molecule is COc1ccc(OC)c(C(C)NC(=O)C(C)Oc2cc(C)ccc2C)c1. The minimum atomic E-state index is -0.616. The molecule has 0 heterocycles. The predicted molar refractivity (Wildman–Crippen MR) is 102 cm³/mol. The summed E-state index contributed by atoms with van der Waals surface area (Å²) >= 11 is 0. The van der Waals surface area contributed by atoms with Gasteiger partial charge < -0.3 is 19.5 Å². The standard InChI is InChI=1S/C21H27NO4/c1-13-7-8-14(2)20(11-13)26-16(4)21(23)22-15(3)18-12-17(24-5)9-10-19(18)25-6/h7-12,15-16H,1-6H3,(H,22,23). The van der Waals surface area contributed by atoms with Crippen LogP contribution in [-0.2, 0) is 4.79 Å². The lowest BCUT2D eigenvalue weighted by Gasteiger charge is -2.21. The maximum Gasteiger partial charge on any atom is 0.261 e. The van der Waals surface area contributed by atoms with Gasteiger partial charge in [0.1, 0.15) is 17.2 Å². The summed E-state index contributed by atoms with van der Waals surface area (Å²) in [7, 11) is 3.21. The number of ether oxygens (including phenoxy) is 3. The molecule has 0 radical (unpaired) electrons. The van der Waals surface area contributed by atoms with E-state index >= 15 is 0 Å². The Bertz CT molecular complexity index is 773. The average Bonchev–Trinajstić information content (AvgIpc) is 2.63. The Kier molecular flexibility index (Phi) is 6.50. The highest BCUT2D eigenvalue weighted by Gasteiger charge is 2.20. The van der Waals surface area contributed by atoms with Crippen LogP contribution in [0.2, 0.25) is 0 Å². The maximum atomic E-state index is 12.6. The predicted octanol–water partition coefficient (Wildman–Crippen LogP) is 3.97. The van der Waals surface area contributed by atoms with Crippen molar-refractivity contribution in [2.45, 2.75) is 39.8 Å². The van der Waals surface area contributed by atoms with Crippen molar-refractivity contribution in [2.75, 3.05) is 14.2 Å². The second-order valence-corrected chi connectivity index (χ2v) is 6.37. The van der Waals surface area contributed by atoms with E-state index in [1.807, 2.05) is 57.2 Å². The molecule has 2 atom stereocenters. The molecule has 5 nitrogen and oxygen atoms in total. The molecule has 0 fully saturated rings. The normalized spacial score (nSPS) is 12.8. The van der Waals surface area contributed by atoms with Crippen LogP contribution in [0.3, 0.4) is 0 Å². The van der Waals surface area contributed by atoms with Crippen LogP contribution < -0.4 is 19.5 Å². The molecular weight excluding hydrogens is 330 g/mol. The molecule has 2 aromatic carbocycles. The molecule has 0 aliphatic heterocycles. The highest BCUT2D eigenvalue weighted by Crippen LogP contribution is 2.29. The van der Waals surface area contributed by atoms with Gasteiger partial charge in [0.05, 0.1) is 20.3 Å². The number of carbonyl (C=O) groups is 1. The monoisotopic (exact) mass is 357 g/mol. The molecule has 1 N–H and O–H groups in total. The van der Waals surface area contributed by atoms with Gasteiger partial charge in [-0.2, -0.15) is 0 Å². The fraction of sp³-hybridized carbons (Fsp3) is 0.381. The summed E-state index contributed by atoms with van der Waals surface area (Å²) in [5.41, 5.74) is 2.93. The largest absolute Gasteiger partial charge is 0.497 e. The molecule has 0 aliphatic carbocycles. The molecule has 1 amide bonds. The average molecular weight is 357 g/mol. The molecule has 0 saturated carbocycles. The summed E-state index contributed by atoms with van der Waals surface area (Å²) in [5.74, 6) is 1.94. The second kappa shape index (κ2) is 8.61. The third-order valence-corrected chi connectivity index (χ3v) is 4.28. The van der Waals surface area contributed by atoms with Gasteiger partial charge in [0.15, 0.2) is 6.10 Å². The van der Waals surface area contributed by atoms with Crippen LogP contribution in [0.5, 0.6) is 17.2 Å². The molecule has 0 aromatic heterocycles. The fourth-order valence-corrected chi connectivity index (χ4v) is 2.66. The van der Waals surface area contributed by atoms with Crippen molar-refractivity contribution < 1.29 is 19.0 Å². The van der Waals surface area contributed by atoms with Crippen molar-refractivity contribution in [3.63, 3.8) is 0 Å². The second-order valence-electron chi connectivity index (χ2n) is 6.37. The lowest BCUT2D eigenvalue weighted by molar-refractivity contribution is -0.127. The quantitative estimate of drug-likeness (QED) is 0.815. The van der Waals surface area contributed by atoms with Crippen molar-refractivity contribution >= 4 is 5.91 Å². The Morgan fingerprint density at radius 2 is 1.69 bits per heavy atom. The number of hydrogen-bond donors (Lipinski definition) is 1. The van der Waals surface area contributed by atoms with E-state index in [0.717, 1.165) is 22.4 Å². The van der Waals surface area contributed by atoms with Crippen LogP contribution >= 0.6 is 0 Å². The van der Waals surface area contributed by atoms with E-state index in [2.05, 4.69) is 5.32 Å². The lowest BCUT2D eigenvalue weighted by atomic mass is 10.1. The van der Waals surface area contributed by atoms with Crippen molar-refractivity contribution in [2.24, 2.45) is 0 Å². The first-order valence-corrected chi connectivity index (χ1v) is 8.62. The highest BCUT2D eigenvalue weighted by molar-refractivity contribution is 5.81. The number of benzene rings is 2. The molecule has 0 spiro atoms. The number of nitrogens with one attached hydrogen (secondary N) is 1. The number of hydrogen-bond acceptors (Lipinski definition) is 4. The van der Waals surface area contributed by atoms with Crippen molar-refractivity contribution in [3.05, 3.63) is 53.1 Å². The molecular formula is C21H27NO4. The molecule has 0 bridgehead atoms. The molecule has 2 unspecified atom stereocenters. The fourth-order valence-electron chi connectivity index (χ4n) is 2.66. The Morgan fingerprint density at radius 1 is 0.962 bits per heavy atom. The zero-order valence-corrected chi connectivity index (χ0v) is 16.3. The third-order valence-electron chi connectivity index (χ3n) is 4.28. The topological polar surface area (TPSA) is 56.8 Å². The summed E-state index contributed by atoms with van der Waals surface area (Å²) < 4.78 is 16.5. The summed E-state index contributed by atoms with van der Waals surface area (Å²) in [4.78, 5) is 12.6. The number of methoxy groups -OCH3 is 2. The van der Waals surface area contributed by atoms with Crippen molar-refractivity contribution in [1.29, 1.82) is 0 Å². The molecule has 0 aliphatic rings. The first-order chi connectivity index (χ1) is 12.3. The van der Waals surface area contributed by atoms with Gasteiger partial charge in [-0.15, -0.1) is 0 Å². The van der Waals surface area contributed by atoms with Gasteiger partial charge in [0, 0.05) is 5.56 Å². The molecule has 140 valence electrons. The molecule has 2 aromatic rings. The summed E-state index contributed by atoms with van der Waals surface area (Å²) in [6, 6.07) is 11.2. The zero-order chi connectivity index (χ0) is 19.3. The smallest absolute Gasteiger partial charge is 0.261 e. The summed E-state index contributed by atoms with van der Waals surface area (Å²) in [5, 5.41) is 2.98. The van der Waals surface area contributed by atoms with Gasteiger partial charge >= 0.3 is 0 Å². The van der Waals surface area contributed by atoms with Gasteiger partial charge in [-0.3, -0.25) is 4.79 Å². The van der Waals surface area contributed by atoms with Crippen molar-refractivity contribution in [3.8, 4) is 17.2 Å². The van der Waals surface area contributed by atoms with Gasteiger partial charge in [0.2, 0.25) is 0 Å². The first-order valence-electron chi connectivity index (χ1n) is 8.62. The number of carbonyl (C=O) groups excluding carboxylic acids is 1. The van der Waals surface area contributed by atoms with Gasteiger partial charge in [0.25, 0.3) is 5.91 Å². The van der Waals surface area contributed by atoms with Gasteiger partial charge in [-0.05, 0) is 63.1 Å². The Morgan fingerprint density at radius 3 is 2.35 bits per heavy atom. The Hall–Kier alpha value is -2.69. The van der Waals surface area contributed by atoms with E-state index in [-0.39, 0.29) is 11.9 Å². The summed E-state index contributed by atoms with van der Waals surface area (Å²) in [6.45, 7) is 7.60. The van der Waals surface area contributed by atoms with E-state index in [9.17, 15) is 4.79 Å². The van der Waals surface area contributed by atoms with Crippen LogP contribution in [-0.4, -0.2) is 26.2 Å².